The van der Waals surface area contributed by atoms with Crippen LogP contribution in [-0.4, -0.2) is 22.2 Å². The third-order valence-corrected chi connectivity index (χ3v) is 3.96. The molecule has 2 aromatic carbocycles. The van der Waals surface area contributed by atoms with Crippen molar-refractivity contribution in [3.05, 3.63) is 65.3 Å². The van der Waals surface area contributed by atoms with Crippen LogP contribution in [0.2, 0.25) is 5.02 Å². The number of amides is 1. The Bertz CT molecular complexity index is 813. The van der Waals surface area contributed by atoms with Gasteiger partial charge in [0.25, 0.3) is 0 Å². The fraction of sp³-hybridized carbons (Fsp3) is 0.222. The zero-order valence-electron chi connectivity index (χ0n) is 12.7. The summed E-state index contributed by atoms with van der Waals surface area (Å²) in [6, 6.07) is 15.7. The number of aromatic nitrogens is 2. The van der Waals surface area contributed by atoms with Gasteiger partial charge in [-0.2, -0.15) is 5.10 Å². The van der Waals surface area contributed by atoms with Crippen LogP contribution in [0.5, 0.6) is 0 Å². The molecule has 0 aliphatic carbocycles. The molecule has 118 valence electrons. The summed E-state index contributed by atoms with van der Waals surface area (Å²) in [6.45, 7) is 1.19. The molecular weight excluding hydrogens is 310 g/mol. The van der Waals surface area contributed by atoms with Gasteiger partial charge >= 0.3 is 0 Å². The monoisotopic (exact) mass is 327 g/mol. The second kappa shape index (κ2) is 7.29. The van der Waals surface area contributed by atoms with Gasteiger partial charge in [-0.15, -0.1) is 0 Å². The van der Waals surface area contributed by atoms with E-state index in [0.717, 1.165) is 27.9 Å². The fourth-order valence-electron chi connectivity index (χ4n) is 2.54. The number of fused-ring (bicyclic) bond motifs is 1. The van der Waals surface area contributed by atoms with Gasteiger partial charge in [-0.3, -0.25) is 9.48 Å². The first-order chi connectivity index (χ1) is 11.2. The molecule has 1 N–H and O–H groups in total. The molecule has 0 fully saturated rings. The number of hydrogen-bond donors (Lipinski definition) is 1. The van der Waals surface area contributed by atoms with Crippen molar-refractivity contribution in [3.63, 3.8) is 0 Å². The summed E-state index contributed by atoms with van der Waals surface area (Å²) in [5.74, 6) is 0.0339. The molecule has 0 radical (unpaired) electrons. The van der Waals surface area contributed by atoms with Crippen molar-refractivity contribution >= 4 is 28.4 Å². The van der Waals surface area contributed by atoms with Crippen molar-refractivity contribution in [2.75, 3.05) is 6.54 Å². The second-order valence-corrected chi connectivity index (χ2v) is 5.84. The average molecular weight is 328 g/mol. The maximum absolute atomic E-state index is 12.0. The first kappa shape index (κ1) is 15.6. The molecule has 0 bridgehead atoms. The number of para-hydroxylation sites is 1. The largest absolute Gasteiger partial charge is 0.356 e. The highest BCUT2D eigenvalue weighted by atomic mass is 35.5. The van der Waals surface area contributed by atoms with E-state index in [0.29, 0.717) is 19.5 Å². The van der Waals surface area contributed by atoms with Gasteiger partial charge in [-0.25, -0.2) is 0 Å². The Labute approximate surface area is 140 Å². The highest BCUT2D eigenvalue weighted by Gasteiger charge is 2.05. The molecule has 1 aromatic heterocycles. The molecule has 0 spiro atoms. The van der Waals surface area contributed by atoms with E-state index in [2.05, 4.69) is 10.4 Å². The fourth-order valence-corrected chi connectivity index (χ4v) is 2.75. The minimum atomic E-state index is 0.0339. The highest BCUT2D eigenvalue weighted by molar-refractivity contribution is 6.30. The van der Waals surface area contributed by atoms with Crippen LogP contribution in [0, 0.1) is 0 Å². The number of carbonyl (C=O) groups excluding carboxylic acids is 1. The van der Waals surface area contributed by atoms with Gasteiger partial charge in [0, 0.05) is 23.4 Å². The van der Waals surface area contributed by atoms with Crippen molar-refractivity contribution in [1.82, 2.24) is 15.1 Å². The van der Waals surface area contributed by atoms with Gasteiger partial charge in [0.2, 0.25) is 5.91 Å². The summed E-state index contributed by atoms with van der Waals surface area (Å²) in [7, 11) is 0. The van der Waals surface area contributed by atoms with Crippen molar-refractivity contribution in [2.45, 2.75) is 19.4 Å². The number of nitrogens with zero attached hydrogens (tertiary/aromatic N) is 2. The van der Waals surface area contributed by atoms with E-state index in [1.807, 2.05) is 59.4 Å². The lowest BCUT2D eigenvalue weighted by atomic mass is 10.1. The van der Waals surface area contributed by atoms with Crippen molar-refractivity contribution in [1.29, 1.82) is 0 Å². The van der Waals surface area contributed by atoms with Crippen LogP contribution >= 0.6 is 11.6 Å². The Morgan fingerprint density at radius 1 is 1.17 bits per heavy atom. The first-order valence-electron chi connectivity index (χ1n) is 7.64. The van der Waals surface area contributed by atoms with Gasteiger partial charge in [0.05, 0.1) is 18.3 Å². The van der Waals surface area contributed by atoms with Crippen LogP contribution in [0.15, 0.2) is 54.7 Å². The van der Waals surface area contributed by atoms with Gasteiger partial charge in [-0.1, -0.05) is 41.9 Å². The van der Waals surface area contributed by atoms with E-state index >= 15 is 0 Å². The van der Waals surface area contributed by atoms with E-state index < -0.39 is 0 Å². The van der Waals surface area contributed by atoms with E-state index in [1.54, 1.807) is 0 Å². The minimum Gasteiger partial charge on any atom is -0.356 e. The van der Waals surface area contributed by atoms with Crippen LogP contribution in [0.1, 0.15) is 12.0 Å². The van der Waals surface area contributed by atoms with Gasteiger partial charge in [-0.05, 0) is 30.2 Å². The zero-order chi connectivity index (χ0) is 16.1. The molecule has 0 atom stereocenters. The number of carbonyl (C=O) groups is 1. The maximum Gasteiger partial charge on any atom is 0.221 e. The molecule has 0 saturated carbocycles. The number of benzene rings is 2. The van der Waals surface area contributed by atoms with Crippen LogP contribution in [-0.2, 0) is 17.8 Å². The molecule has 0 saturated heterocycles. The van der Waals surface area contributed by atoms with Crippen molar-refractivity contribution in [3.8, 4) is 0 Å². The van der Waals surface area contributed by atoms with Gasteiger partial charge in [0.1, 0.15) is 0 Å². The summed E-state index contributed by atoms with van der Waals surface area (Å²) in [5.41, 5.74) is 2.18. The quantitative estimate of drug-likeness (QED) is 0.754. The highest BCUT2D eigenvalue weighted by Crippen LogP contribution is 2.13. The molecule has 1 amide bonds. The zero-order valence-corrected chi connectivity index (χ0v) is 13.5. The molecule has 0 aliphatic heterocycles. The summed E-state index contributed by atoms with van der Waals surface area (Å²) >= 11 is 5.94. The Balaban J connectivity index is 1.46. The Morgan fingerprint density at radius 3 is 2.91 bits per heavy atom. The number of nitrogens with one attached hydrogen (secondary N) is 1. The average Bonchev–Trinajstić information content (AvgIpc) is 2.96. The molecule has 4 nitrogen and oxygen atoms in total. The van der Waals surface area contributed by atoms with Crippen LogP contribution in [0.3, 0.4) is 0 Å². The van der Waals surface area contributed by atoms with E-state index in [1.165, 1.54) is 0 Å². The SMILES string of the molecule is O=C(CCn1ncc2ccccc21)NCCc1cccc(Cl)c1. The molecule has 1 heterocycles. The van der Waals surface area contributed by atoms with E-state index in [4.69, 9.17) is 11.6 Å². The van der Waals surface area contributed by atoms with Crippen molar-refractivity contribution in [2.24, 2.45) is 0 Å². The van der Waals surface area contributed by atoms with Crippen LogP contribution < -0.4 is 5.32 Å². The third kappa shape index (κ3) is 4.11. The van der Waals surface area contributed by atoms with Crippen LogP contribution in [0.4, 0.5) is 0 Å². The molecule has 3 rings (SSSR count). The Kier molecular flexibility index (Phi) is 4.93. The molecule has 3 aromatic rings. The third-order valence-electron chi connectivity index (χ3n) is 3.73. The molecule has 0 aliphatic rings. The van der Waals surface area contributed by atoms with Gasteiger partial charge < -0.3 is 5.32 Å². The predicted molar refractivity (Wildman–Crippen MR) is 92.5 cm³/mol. The maximum atomic E-state index is 12.0. The van der Waals surface area contributed by atoms with Crippen LogP contribution in [0.25, 0.3) is 10.9 Å². The molecular formula is C18H18ClN3O. The van der Waals surface area contributed by atoms with E-state index in [-0.39, 0.29) is 5.91 Å². The lowest BCUT2D eigenvalue weighted by molar-refractivity contribution is -0.121. The lowest BCUT2D eigenvalue weighted by Gasteiger charge is -2.07. The smallest absolute Gasteiger partial charge is 0.221 e. The summed E-state index contributed by atoms with van der Waals surface area (Å²) in [4.78, 5) is 12.0. The molecule has 0 unspecified atom stereocenters. The number of rotatable bonds is 6. The molecule has 5 heteroatoms. The minimum absolute atomic E-state index is 0.0339. The number of halogens is 1. The normalized spacial score (nSPS) is 10.8. The topological polar surface area (TPSA) is 46.9 Å². The summed E-state index contributed by atoms with van der Waals surface area (Å²) in [5, 5.41) is 9.08. The summed E-state index contributed by atoms with van der Waals surface area (Å²) in [6.07, 6.45) is 3.02. The Hall–Kier alpha value is -2.33. The second-order valence-electron chi connectivity index (χ2n) is 5.41. The number of hydrogen-bond acceptors (Lipinski definition) is 2. The molecule has 23 heavy (non-hydrogen) atoms. The Morgan fingerprint density at radius 2 is 2.04 bits per heavy atom. The predicted octanol–water partition coefficient (Wildman–Crippen LogP) is 3.44. The summed E-state index contributed by atoms with van der Waals surface area (Å²) < 4.78 is 1.87. The van der Waals surface area contributed by atoms with Crippen molar-refractivity contribution < 1.29 is 4.79 Å². The standard InChI is InChI=1S/C18H18ClN3O/c19-16-6-3-4-14(12-16)8-10-20-18(23)9-11-22-17-7-2-1-5-15(17)13-21-22/h1-7,12-13H,8-11H2,(H,20,23). The number of aryl methyl sites for hydroxylation is 1. The van der Waals surface area contributed by atoms with E-state index in [9.17, 15) is 4.79 Å². The lowest BCUT2D eigenvalue weighted by Crippen LogP contribution is -2.26. The van der Waals surface area contributed by atoms with Gasteiger partial charge in [0.15, 0.2) is 0 Å². The first-order valence-corrected chi connectivity index (χ1v) is 8.02.